The number of oxazole rings is 1. The zero-order valence-corrected chi connectivity index (χ0v) is 39.4. The van der Waals surface area contributed by atoms with Crippen LogP contribution < -0.4 is 14.8 Å². The number of nitrogens with zero attached hydrogens (tertiary/aromatic N) is 4. The van der Waals surface area contributed by atoms with Gasteiger partial charge in [0.15, 0.2) is 5.78 Å². The van der Waals surface area contributed by atoms with Crippen molar-refractivity contribution < 1.29 is 47.6 Å². The molecule has 2 aromatic heterocycles. The summed E-state index contributed by atoms with van der Waals surface area (Å²) < 4.78 is 30.5. The number of rotatable bonds is 18. The third kappa shape index (κ3) is 10.0. The van der Waals surface area contributed by atoms with Gasteiger partial charge in [-0.1, -0.05) is 38.4 Å². The highest BCUT2D eigenvalue weighted by Gasteiger charge is 2.61. The number of carboxylic acids is 1. The van der Waals surface area contributed by atoms with Crippen LogP contribution in [0.15, 0.2) is 41.5 Å². The van der Waals surface area contributed by atoms with E-state index in [-0.39, 0.29) is 72.5 Å². The fraction of sp³-hybridized carbons (Fsp3) is 0.633. The Labute approximate surface area is 385 Å². The zero-order valence-electron chi connectivity index (χ0n) is 38.7. The number of hydrogen-bond donors (Lipinski definition) is 2. The van der Waals surface area contributed by atoms with Gasteiger partial charge in [0.2, 0.25) is 5.91 Å². The van der Waals surface area contributed by atoms with Gasteiger partial charge in [-0.15, -0.1) is 6.58 Å². The summed E-state index contributed by atoms with van der Waals surface area (Å²) in [6, 6.07) is 4.69. The highest BCUT2D eigenvalue weighted by molar-refractivity contribution is 6.36. The minimum Gasteiger partial charge on any atom is -0.491 e. The molecule has 8 atom stereocenters. The van der Waals surface area contributed by atoms with Crippen molar-refractivity contribution >= 4 is 52.1 Å². The van der Waals surface area contributed by atoms with Crippen LogP contribution in [0.3, 0.4) is 0 Å². The number of nitrogens with one attached hydrogen (secondary N) is 1. The van der Waals surface area contributed by atoms with E-state index in [0.29, 0.717) is 78.0 Å². The molecule has 4 heterocycles. The van der Waals surface area contributed by atoms with E-state index >= 15 is 0 Å². The molecule has 3 saturated carbocycles. The average molecular weight is 919 g/mol. The van der Waals surface area contributed by atoms with Crippen molar-refractivity contribution in [3.63, 3.8) is 0 Å². The Kier molecular flexibility index (Phi) is 13.1. The fourth-order valence-electron chi connectivity index (χ4n) is 10.2. The molecule has 0 spiro atoms. The Morgan fingerprint density at radius 2 is 1.82 bits per heavy atom. The van der Waals surface area contributed by atoms with Crippen LogP contribution in [0.5, 0.6) is 11.5 Å². The smallest absolute Gasteiger partial charge is 0.310 e. The monoisotopic (exact) mass is 917 g/mol. The van der Waals surface area contributed by atoms with E-state index in [2.05, 4.69) is 35.6 Å². The van der Waals surface area contributed by atoms with E-state index < -0.39 is 40.8 Å². The lowest BCUT2D eigenvalue weighted by Gasteiger charge is -2.41. The van der Waals surface area contributed by atoms with E-state index in [1.165, 1.54) is 17.6 Å². The number of carboxylic acid groups (broad SMARTS) is 1. The first-order valence-electron chi connectivity index (χ1n) is 23.1. The molecule has 2 unspecified atom stereocenters. The number of pyridine rings is 1. The summed E-state index contributed by atoms with van der Waals surface area (Å²) in [6.07, 6.45) is 5.07. The first-order valence-corrected chi connectivity index (χ1v) is 23.5. The molecule has 16 heteroatoms. The molecule has 1 amide bonds. The van der Waals surface area contributed by atoms with Gasteiger partial charge in [0.05, 0.1) is 54.8 Å². The lowest BCUT2D eigenvalue weighted by molar-refractivity contribution is -0.157. The Balaban J connectivity index is 1.09. The normalized spacial score (nSPS) is 27.6. The molecular weight excluding hydrogens is 854 g/mol. The summed E-state index contributed by atoms with van der Waals surface area (Å²) in [5.41, 5.74) is -0.892. The average Bonchev–Trinajstić information content (AvgIpc) is 3.91. The van der Waals surface area contributed by atoms with E-state index in [0.717, 1.165) is 19.4 Å². The van der Waals surface area contributed by atoms with Crippen molar-refractivity contribution in [3.8, 4) is 22.9 Å². The Morgan fingerprint density at radius 1 is 1.06 bits per heavy atom. The number of allylic oxidation sites excluding steroid dienone is 1. The van der Waals surface area contributed by atoms with Crippen molar-refractivity contribution in [1.82, 2.24) is 19.8 Å². The number of carbonyl (C=O) groups excluding carboxylic acids is 3. The second-order valence-corrected chi connectivity index (χ2v) is 21.3. The molecule has 0 bridgehead atoms. The van der Waals surface area contributed by atoms with Gasteiger partial charge in [-0.3, -0.25) is 24.1 Å². The van der Waals surface area contributed by atoms with Crippen LogP contribution in [0.2, 0.25) is 5.02 Å². The van der Waals surface area contributed by atoms with E-state index in [9.17, 15) is 24.3 Å². The number of likely N-dealkylation sites (tertiary alicyclic amines) is 1. The van der Waals surface area contributed by atoms with Crippen LogP contribution in [-0.2, 0) is 28.7 Å². The van der Waals surface area contributed by atoms with Crippen LogP contribution in [-0.4, -0.2) is 118 Å². The highest BCUT2D eigenvalue weighted by Crippen LogP contribution is 2.57. The van der Waals surface area contributed by atoms with Gasteiger partial charge in [-0.2, -0.15) is 4.98 Å². The van der Waals surface area contributed by atoms with Crippen LogP contribution in [0.25, 0.3) is 22.3 Å². The lowest BCUT2D eigenvalue weighted by atomic mass is 9.77. The topological polar surface area (TPSA) is 183 Å². The number of esters is 1. The molecular formula is C49H64ClN5O10. The zero-order chi connectivity index (χ0) is 46.6. The van der Waals surface area contributed by atoms with Crippen LogP contribution >= 0.6 is 11.6 Å². The largest absolute Gasteiger partial charge is 0.491 e. The molecule has 0 radical (unpaired) electrons. The molecule has 5 fully saturated rings. The van der Waals surface area contributed by atoms with Crippen molar-refractivity contribution in [1.29, 1.82) is 0 Å². The Bertz CT molecular complexity index is 2310. The van der Waals surface area contributed by atoms with Crippen LogP contribution in [0.1, 0.15) is 93.4 Å². The number of Topliss-reactive ketones (excluding diaryl/α,β-unsaturated/α-hetero) is 1. The number of carbonyl (C=O) groups is 4. The summed E-state index contributed by atoms with van der Waals surface area (Å²) in [7, 11) is 0. The Morgan fingerprint density at radius 3 is 2.48 bits per heavy atom. The second kappa shape index (κ2) is 18.2. The van der Waals surface area contributed by atoms with Gasteiger partial charge >= 0.3 is 11.9 Å². The number of ketones is 1. The number of aliphatic carboxylic acids is 1. The first-order chi connectivity index (χ1) is 30.8. The minimum absolute atomic E-state index is 0.00614. The highest BCUT2D eigenvalue weighted by atomic mass is 35.5. The quantitative estimate of drug-likeness (QED) is 0.0930. The minimum atomic E-state index is -1.28. The molecule has 2 N–H and O–H groups in total. The maximum Gasteiger partial charge on any atom is 0.310 e. The molecule has 65 heavy (non-hydrogen) atoms. The summed E-state index contributed by atoms with van der Waals surface area (Å²) in [5.74, 6) is -1.39. The number of ether oxygens (including phenoxy) is 4. The molecule has 3 aliphatic carbocycles. The second-order valence-electron chi connectivity index (χ2n) is 20.9. The third-order valence-corrected chi connectivity index (χ3v) is 14.6. The Hall–Kier alpha value is -4.73. The SMILES string of the molecule is C=C[C@@H]1C[C@]1(CC(=O)[C@@H]1CC(Oc2cc(-c3coc(NC(C)C)n3)nc3c(Cl)c(OCCN4CCOCC4(C)C)ccc23)CN1C(=O)[C@@H](CC(=O)OC1C[C@@H]2C[C@@H]2C1)C(C)(C)C)C(=O)O. The van der Waals surface area contributed by atoms with Crippen LogP contribution in [0.4, 0.5) is 6.01 Å². The number of aromatic nitrogens is 2. The summed E-state index contributed by atoms with van der Waals surface area (Å²) in [5, 5.41) is 14.3. The number of benzene rings is 1. The van der Waals surface area contributed by atoms with Crippen molar-refractivity contribution in [2.24, 2.45) is 34.5 Å². The van der Waals surface area contributed by atoms with Gasteiger partial charge in [-0.25, -0.2) is 4.98 Å². The molecule has 2 saturated heterocycles. The van der Waals surface area contributed by atoms with E-state index in [1.807, 2.05) is 40.7 Å². The molecule has 352 valence electrons. The fourth-order valence-corrected chi connectivity index (χ4v) is 10.4. The molecule has 3 aromatic rings. The summed E-state index contributed by atoms with van der Waals surface area (Å²) in [6.45, 7) is 20.8. The summed E-state index contributed by atoms with van der Waals surface area (Å²) in [4.78, 5) is 68.8. The molecule has 2 aliphatic heterocycles. The standard InChI is InChI=1S/C49H64ClN5O10/c1-9-30-22-49(30,45(59)60)23-38(56)37-19-32(24-55(37)44(58)34(47(4,5)6)20-41(57)65-31-17-28-16-29(28)18-31)64-40-21-35(36-25-63-46(53-36)51-27(2)3)52-43-33(40)10-11-39(42(43)50)62-15-13-54-12-14-61-26-48(54,7)8/h9-11,21,25,27-32,34,37H,1,12-20,22-24,26H2,2-8H3,(H,51,53)(H,59,60)/t28-,29+,30-,31?,32?,34-,37+,49-/m1/s1. The van der Waals surface area contributed by atoms with Crippen molar-refractivity contribution in [2.75, 3.05) is 44.8 Å². The number of morpholine rings is 1. The predicted octanol–water partition coefficient (Wildman–Crippen LogP) is 7.83. The van der Waals surface area contributed by atoms with E-state index in [1.54, 1.807) is 18.2 Å². The summed E-state index contributed by atoms with van der Waals surface area (Å²) >= 11 is 7.15. The predicted molar refractivity (Wildman–Crippen MR) is 244 cm³/mol. The lowest BCUT2D eigenvalue weighted by Crippen LogP contribution is -2.54. The van der Waals surface area contributed by atoms with Gasteiger partial charge in [0.1, 0.15) is 47.3 Å². The van der Waals surface area contributed by atoms with Gasteiger partial charge in [0.25, 0.3) is 6.01 Å². The molecule has 1 aromatic carbocycles. The maximum atomic E-state index is 14.9. The van der Waals surface area contributed by atoms with Gasteiger partial charge in [-0.05, 0) is 88.7 Å². The number of fused-ring (bicyclic) bond motifs is 2. The first kappa shape index (κ1) is 46.8. The number of hydrogen-bond acceptors (Lipinski definition) is 13. The number of amides is 1. The van der Waals surface area contributed by atoms with E-state index in [4.69, 9.17) is 39.9 Å². The molecule has 5 aliphatic rings. The maximum absolute atomic E-state index is 14.9. The molecule has 8 rings (SSSR count). The number of anilines is 1. The van der Waals surface area contributed by atoms with Crippen molar-refractivity contribution in [2.45, 2.75) is 123 Å². The van der Waals surface area contributed by atoms with Gasteiger partial charge < -0.3 is 38.7 Å². The number of halogens is 1. The molecule has 15 nitrogen and oxygen atoms in total. The van der Waals surface area contributed by atoms with Crippen molar-refractivity contribution in [3.05, 3.63) is 42.1 Å². The van der Waals surface area contributed by atoms with Crippen LogP contribution in [0, 0.1) is 34.5 Å². The van der Waals surface area contributed by atoms with Gasteiger partial charge in [0, 0.05) is 49.0 Å². The third-order valence-electron chi connectivity index (χ3n) is 14.2.